The number of rotatable bonds is 4. The van der Waals surface area contributed by atoms with Crippen LogP contribution in [0.5, 0.6) is 11.6 Å². The van der Waals surface area contributed by atoms with E-state index in [0.717, 1.165) is 11.8 Å². The quantitative estimate of drug-likeness (QED) is 0.545. The van der Waals surface area contributed by atoms with Crippen LogP contribution in [0.1, 0.15) is 5.56 Å². The third-order valence-electron chi connectivity index (χ3n) is 2.50. The second kappa shape index (κ2) is 6.27. The van der Waals surface area contributed by atoms with Gasteiger partial charge in [-0.15, -0.1) is 10.2 Å². The summed E-state index contributed by atoms with van der Waals surface area (Å²) in [6, 6.07) is 6.88. The normalized spacial score (nSPS) is 11.0. The van der Waals surface area contributed by atoms with Crippen LogP contribution in [0.2, 0.25) is 5.28 Å². The van der Waals surface area contributed by atoms with Gasteiger partial charge in [0.05, 0.1) is 12.4 Å². The minimum Gasteiger partial charge on any atom is -0.436 e. The van der Waals surface area contributed by atoms with Crippen LogP contribution in [0.25, 0.3) is 0 Å². The van der Waals surface area contributed by atoms with Gasteiger partial charge in [0.1, 0.15) is 18.4 Å². The molecule has 0 aliphatic rings. The molecule has 9 heteroatoms. The Bertz CT molecular complexity index is 808. The first-order chi connectivity index (χ1) is 10.7. The van der Waals surface area contributed by atoms with Gasteiger partial charge < -0.3 is 4.74 Å². The number of ether oxygens (including phenoxy) is 1. The van der Waals surface area contributed by atoms with E-state index in [1.165, 1.54) is 17.3 Å². The van der Waals surface area contributed by atoms with Crippen LogP contribution in [-0.2, 0) is 0 Å². The fourth-order valence-corrected chi connectivity index (χ4v) is 1.69. The van der Waals surface area contributed by atoms with Crippen molar-refractivity contribution in [2.45, 2.75) is 0 Å². The highest BCUT2D eigenvalue weighted by Crippen LogP contribution is 2.23. The van der Waals surface area contributed by atoms with Gasteiger partial charge in [-0.3, -0.25) is 0 Å². The summed E-state index contributed by atoms with van der Waals surface area (Å²) in [4.78, 5) is 7.21. The molecule has 0 fully saturated rings. The summed E-state index contributed by atoms with van der Waals surface area (Å²) in [6.45, 7) is 0. The van der Waals surface area contributed by atoms with Crippen LogP contribution in [-0.4, -0.2) is 31.1 Å². The van der Waals surface area contributed by atoms with Crippen LogP contribution in [0.15, 0.2) is 48.2 Å². The minimum atomic E-state index is -0.701. The van der Waals surface area contributed by atoms with E-state index in [0.29, 0.717) is 5.75 Å². The molecular weight excluding hydrogens is 311 g/mol. The van der Waals surface area contributed by atoms with Gasteiger partial charge in [0, 0.05) is 0 Å². The summed E-state index contributed by atoms with van der Waals surface area (Å²) in [5.74, 6) is -0.553. The van der Waals surface area contributed by atoms with Gasteiger partial charge in [-0.25, -0.2) is 9.66 Å². The van der Waals surface area contributed by atoms with Crippen LogP contribution >= 0.6 is 11.6 Å². The molecule has 0 aliphatic heterocycles. The Morgan fingerprint density at radius 3 is 2.91 bits per heavy atom. The lowest BCUT2D eigenvalue weighted by Gasteiger charge is -2.06. The summed E-state index contributed by atoms with van der Waals surface area (Å²) in [6.07, 6.45) is 5.44. The highest BCUT2D eigenvalue weighted by Gasteiger charge is 2.08. The summed E-state index contributed by atoms with van der Waals surface area (Å²) < 4.78 is 20.3. The van der Waals surface area contributed by atoms with Crippen LogP contribution in [0, 0.1) is 5.82 Å². The van der Waals surface area contributed by atoms with Crippen molar-refractivity contribution in [1.29, 1.82) is 0 Å². The molecule has 0 saturated carbocycles. The van der Waals surface area contributed by atoms with E-state index in [9.17, 15) is 4.39 Å². The van der Waals surface area contributed by atoms with Crippen molar-refractivity contribution in [1.82, 2.24) is 24.8 Å². The van der Waals surface area contributed by atoms with Crippen molar-refractivity contribution < 1.29 is 9.13 Å². The van der Waals surface area contributed by atoms with E-state index in [1.807, 2.05) is 6.07 Å². The van der Waals surface area contributed by atoms with Crippen molar-refractivity contribution in [2.75, 3.05) is 0 Å². The Kier molecular flexibility index (Phi) is 4.01. The van der Waals surface area contributed by atoms with Gasteiger partial charge in [-0.05, 0) is 29.3 Å². The largest absolute Gasteiger partial charge is 0.436 e. The Labute approximate surface area is 129 Å². The molecule has 110 valence electrons. The molecule has 7 nitrogen and oxygen atoms in total. The van der Waals surface area contributed by atoms with E-state index >= 15 is 0 Å². The maximum absolute atomic E-state index is 13.5. The average molecular weight is 319 g/mol. The van der Waals surface area contributed by atoms with E-state index in [4.69, 9.17) is 16.3 Å². The van der Waals surface area contributed by atoms with Crippen LogP contribution in [0.4, 0.5) is 4.39 Å². The second-order valence-corrected chi connectivity index (χ2v) is 4.39. The lowest BCUT2D eigenvalue weighted by atomic mass is 10.2. The van der Waals surface area contributed by atoms with Gasteiger partial charge in [0.25, 0.3) is 5.88 Å². The Morgan fingerprint density at radius 2 is 2.09 bits per heavy atom. The van der Waals surface area contributed by atoms with Gasteiger partial charge in [-0.1, -0.05) is 12.1 Å². The number of halogens is 2. The third-order valence-corrected chi connectivity index (χ3v) is 2.68. The molecule has 2 aromatic heterocycles. The summed E-state index contributed by atoms with van der Waals surface area (Å²) in [7, 11) is 0. The van der Waals surface area contributed by atoms with Gasteiger partial charge in [-0.2, -0.15) is 14.5 Å². The highest BCUT2D eigenvalue weighted by atomic mass is 35.5. The first-order valence-corrected chi connectivity index (χ1v) is 6.43. The molecule has 0 unspecified atom stereocenters. The van der Waals surface area contributed by atoms with E-state index < -0.39 is 5.82 Å². The number of nitrogens with zero attached hydrogens (tertiary/aromatic N) is 6. The number of hydrogen-bond donors (Lipinski definition) is 0. The molecular formula is C13H8ClFN6O. The Hall–Kier alpha value is -2.87. The number of benzene rings is 1. The standard InChI is InChI=1S/C13H8ClFN6O/c14-13-16-6-11(15)12(20-13)22-10-3-1-2-9(4-10)5-19-21-7-17-18-8-21/h1-8H. The molecule has 0 bridgehead atoms. The molecule has 0 spiro atoms. The number of aromatic nitrogens is 5. The predicted molar refractivity (Wildman–Crippen MR) is 76.5 cm³/mol. The summed E-state index contributed by atoms with van der Waals surface area (Å²) in [5, 5.41) is 11.3. The maximum atomic E-state index is 13.5. The zero-order valence-electron chi connectivity index (χ0n) is 11.0. The van der Waals surface area contributed by atoms with Gasteiger partial charge >= 0.3 is 0 Å². The average Bonchev–Trinajstić information content (AvgIpc) is 3.03. The zero-order chi connectivity index (χ0) is 15.4. The lowest BCUT2D eigenvalue weighted by molar-refractivity contribution is 0.420. The van der Waals surface area contributed by atoms with Crippen molar-refractivity contribution in [3.63, 3.8) is 0 Å². The van der Waals surface area contributed by atoms with Gasteiger partial charge in [0.2, 0.25) is 11.1 Å². The molecule has 0 radical (unpaired) electrons. The molecule has 0 amide bonds. The van der Waals surface area contributed by atoms with E-state index in [2.05, 4.69) is 25.3 Å². The second-order valence-electron chi connectivity index (χ2n) is 4.05. The maximum Gasteiger partial charge on any atom is 0.260 e. The monoisotopic (exact) mass is 318 g/mol. The first-order valence-electron chi connectivity index (χ1n) is 6.05. The van der Waals surface area contributed by atoms with Crippen molar-refractivity contribution in [3.8, 4) is 11.6 Å². The van der Waals surface area contributed by atoms with Crippen molar-refractivity contribution in [3.05, 3.63) is 59.8 Å². The van der Waals surface area contributed by atoms with Crippen LogP contribution < -0.4 is 4.74 Å². The fraction of sp³-hybridized carbons (Fsp3) is 0. The summed E-state index contributed by atoms with van der Waals surface area (Å²) in [5.41, 5.74) is 0.742. The smallest absolute Gasteiger partial charge is 0.260 e. The Morgan fingerprint density at radius 1 is 1.27 bits per heavy atom. The first kappa shape index (κ1) is 14.1. The molecule has 3 aromatic rings. The number of hydrogen-bond acceptors (Lipinski definition) is 6. The summed E-state index contributed by atoms with van der Waals surface area (Å²) >= 11 is 5.62. The molecule has 0 saturated heterocycles. The van der Waals surface area contributed by atoms with Crippen molar-refractivity contribution >= 4 is 17.8 Å². The van der Waals surface area contributed by atoms with E-state index in [-0.39, 0.29) is 11.2 Å². The topological polar surface area (TPSA) is 78.1 Å². The van der Waals surface area contributed by atoms with E-state index in [1.54, 1.807) is 24.4 Å². The Balaban J connectivity index is 1.80. The predicted octanol–water partition coefficient (Wildman–Crippen LogP) is 2.54. The molecule has 0 N–H and O–H groups in total. The molecule has 0 atom stereocenters. The lowest BCUT2D eigenvalue weighted by Crippen LogP contribution is -1.95. The SMILES string of the molecule is Fc1cnc(Cl)nc1Oc1cccc(C=Nn2cnnc2)c1. The highest BCUT2D eigenvalue weighted by molar-refractivity contribution is 6.28. The third kappa shape index (κ3) is 3.41. The van der Waals surface area contributed by atoms with Crippen molar-refractivity contribution in [2.24, 2.45) is 5.10 Å². The van der Waals surface area contributed by atoms with Crippen LogP contribution in [0.3, 0.4) is 0 Å². The minimum absolute atomic E-state index is 0.0956. The molecule has 0 aliphatic carbocycles. The molecule has 3 rings (SSSR count). The fourth-order valence-electron chi connectivity index (χ4n) is 1.56. The molecule has 1 aromatic carbocycles. The molecule has 22 heavy (non-hydrogen) atoms. The zero-order valence-corrected chi connectivity index (χ0v) is 11.7. The van der Waals surface area contributed by atoms with Gasteiger partial charge in [0.15, 0.2) is 0 Å². The molecule has 2 heterocycles.